The molecule has 0 saturated carbocycles. The number of benzene rings is 1. The molecule has 0 bridgehead atoms. The summed E-state index contributed by atoms with van der Waals surface area (Å²) in [6.45, 7) is 6.51. The number of nitrogens with zero attached hydrogens (tertiary/aromatic N) is 1. The molecular weight excluding hydrogens is 220 g/mol. The average Bonchev–Trinajstić information content (AvgIpc) is 2.73. The standard InChI is InChI=1S/C13H19ClN2/c1-10(2)15-11-6-5-7-12(13(11)14)16-8-3-4-9-16/h5-7,10,15H,3-4,8-9H2,1-2H3. The van der Waals surface area contributed by atoms with E-state index in [1.165, 1.54) is 18.5 Å². The molecule has 1 saturated heterocycles. The van der Waals surface area contributed by atoms with Crippen molar-refractivity contribution in [2.75, 3.05) is 23.3 Å². The minimum Gasteiger partial charge on any atom is -0.382 e. The van der Waals surface area contributed by atoms with Crippen molar-refractivity contribution in [1.82, 2.24) is 0 Å². The summed E-state index contributed by atoms with van der Waals surface area (Å²) in [7, 11) is 0. The molecule has 2 nitrogen and oxygen atoms in total. The minimum absolute atomic E-state index is 0.409. The van der Waals surface area contributed by atoms with Crippen molar-refractivity contribution in [1.29, 1.82) is 0 Å². The largest absolute Gasteiger partial charge is 0.382 e. The van der Waals surface area contributed by atoms with Gasteiger partial charge in [0.2, 0.25) is 0 Å². The summed E-state index contributed by atoms with van der Waals surface area (Å²) in [5, 5.41) is 4.24. The highest BCUT2D eigenvalue weighted by Crippen LogP contribution is 2.34. The van der Waals surface area contributed by atoms with Crippen LogP contribution in [0.4, 0.5) is 11.4 Å². The molecule has 1 aliphatic rings. The molecule has 16 heavy (non-hydrogen) atoms. The first kappa shape index (κ1) is 11.6. The third-order valence-electron chi connectivity index (χ3n) is 2.87. The number of nitrogens with one attached hydrogen (secondary N) is 1. The highest BCUT2D eigenvalue weighted by molar-refractivity contribution is 6.36. The van der Waals surface area contributed by atoms with Crippen molar-refractivity contribution < 1.29 is 0 Å². The van der Waals surface area contributed by atoms with E-state index in [0.717, 1.165) is 23.8 Å². The topological polar surface area (TPSA) is 15.3 Å². The molecule has 0 aromatic heterocycles. The summed E-state index contributed by atoms with van der Waals surface area (Å²) < 4.78 is 0. The van der Waals surface area contributed by atoms with E-state index in [1.54, 1.807) is 0 Å². The maximum atomic E-state index is 6.43. The van der Waals surface area contributed by atoms with Crippen molar-refractivity contribution in [3.8, 4) is 0 Å². The Bertz CT molecular complexity index is 357. The second-order valence-corrected chi connectivity index (χ2v) is 5.01. The van der Waals surface area contributed by atoms with Crippen molar-refractivity contribution >= 4 is 23.0 Å². The zero-order valence-corrected chi connectivity index (χ0v) is 10.7. The lowest BCUT2D eigenvalue weighted by Crippen LogP contribution is -2.19. The molecule has 3 heteroatoms. The van der Waals surface area contributed by atoms with E-state index in [0.29, 0.717) is 6.04 Å². The van der Waals surface area contributed by atoms with Gasteiger partial charge >= 0.3 is 0 Å². The molecule has 88 valence electrons. The van der Waals surface area contributed by atoms with Crippen LogP contribution in [0.3, 0.4) is 0 Å². The fourth-order valence-corrected chi connectivity index (χ4v) is 2.44. The molecule has 1 aromatic carbocycles. The molecule has 1 heterocycles. The Labute approximate surface area is 103 Å². The first-order chi connectivity index (χ1) is 7.68. The van der Waals surface area contributed by atoms with Crippen molar-refractivity contribution in [2.45, 2.75) is 32.7 Å². The zero-order chi connectivity index (χ0) is 11.5. The molecule has 0 spiro atoms. The predicted molar refractivity (Wildman–Crippen MR) is 71.7 cm³/mol. The van der Waals surface area contributed by atoms with Crippen molar-refractivity contribution in [2.24, 2.45) is 0 Å². The van der Waals surface area contributed by atoms with Crippen LogP contribution >= 0.6 is 11.6 Å². The van der Waals surface area contributed by atoms with Crippen LogP contribution < -0.4 is 10.2 Å². The average molecular weight is 239 g/mol. The Morgan fingerprint density at radius 3 is 2.56 bits per heavy atom. The second-order valence-electron chi connectivity index (χ2n) is 4.63. The smallest absolute Gasteiger partial charge is 0.0870 e. The number of anilines is 2. The molecule has 0 radical (unpaired) electrons. The van der Waals surface area contributed by atoms with Gasteiger partial charge in [0.1, 0.15) is 0 Å². The quantitative estimate of drug-likeness (QED) is 0.863. The van der Waals surface area contributed by atoms with E-state index in [1.807, 2.05) is 6.07 Å². The van der Waals surface area contributed by atoms with E-state index < -0.39 is 0 Å². The summed E-state index contributed by atoms with van der Waals surface area (Å²) in [5.74, 6) is 0. The molecule has 0 amide bonds. The zero-order valence-electron chi connectivity index (χ0n) is 9.96. The maximum Gasteiger partial charge on any atom is 0.0870 e. The predicted octanol–water partition coefficient (Wildman–Crippen LogP) is 3.76. The Kier molecular flexibility index (Phi) is 3.59. The van der Waals surface area contributed by atoms with E-state index in [-0.39, 0.29) is 0 Å². The maximum absolute atomic E-state index is 6.43. The summed E-state index contributed by atoms with van der Waals surface area (Å²) in [5.41, 5.74) is 2.21. The highest BCUT2D eigenvalue weighted by atomic mass is 35.5. The van der Waals surface area contributed by atoms with Gasteiger partial charge in [-0.2, -0.15) is 0 Å². The van der Waals surface area contributed by atoms with Gasteiger partial charge in [0, 0.05) is 19.1 Å². The van der Waals surface area contributed by atoms with Gasteiger partial charge in [-0.25, -0.2) is 0 Å². The summed E-state index contributed by atoms with van der Waals surface area (Å²) in [6.07, 6.45) is 2.55. The van der Waals surface area contributed by atoms with Crippen LogP contribution in [0.15, 0.2) is 18.2 Å². The first-order valence-electron chi connectivity index (χ1n) is 5.98. The summed E-state index contributed by atoms with van der Waals surface area (Å²) >= 11 is 6.43. The highest BCUT2D eigenvalue weighted by Gasteiger charge is 2.16. The molecule has 0 unspecified atom stereocenters. The molecule has 1 aliphatic heterocycles. The number of hydrogen-bond donors (Lipinski definition) is 1. The number of hydrogen-bond acceptors (Lipinski definition) is 2. The number of rotatable bonds is 3. The van der Waals surface area contributed by atoms with E-state index in [2.05, 4.69) is 36.2 Å². The van der Waals surface area contributed by atoms with Gasteiger partial charge in [0.05, 0.1) is 16.4 Å². The lowest BCUT2D eigenvalue weighted by molar-refractivity contribution is 0.898. The van der Waals surface area contributed by atoms with Crippen LogP contribution in [-0.2, 0) is 0 Å². The van der Waals surface area contributed by atoms with Gasteiger partial charge in [-0.05, 0) is 38.8 Å². The molecule has 2 rings (SSSR count). The monoisotopic (exact) mass is 238 g/mol. The van der Waals surface area contributed by atoms with Crippen LogP contribution in [0.2, 0.25) is 5.02 Å². The van der Waals surface area contributed by atoms with E-state index >= 15 is 0 Å². The SMILES string of the molecule is CC(C)Nc1cccc(N2CCCC2)c1Cl. The lowest BCUT2D eigenvalue weighted by atomic mass is 10.2. The summed E-state index contributed by atoms with van der Waals surface area (Å²) in [6, 6.07) is 6.64. The lowest BCUT2D eigenvalue weighted by Gasteiger charge is -2.21. The Morgan fingerprint density at radius 1 is 1.25 bits per heavy atom. The van der Waals surface area contributed by atoms with Gasteiger partial charge in [-0.15, -0.1) is 0 Å². The minimum atomic E-state index is 0.409. The van der Waals surface area contributed by atoms with Gasteiger partial charge < -0.3 is 10.2 Å². The van der Waals surface area contributed by atoms with E-state index in [4.69, 9.17) is 11.6 Å². The Morgan fingerprint density at radius 2 is 1.94 bits per heavy atom. The molecule has 0 atom stereocenters. The van der Waals surface area contributed by atoms with Gasteiger partial charge in [0.15, 0.2) is 0 Å². The molecule has 1 fully saturated rings. The van der Waals surface area contributed by atoms with E-state index in [9.17, 15) is 0 Å². The molecule has 1 aromatic rings. The summed E-state index contributed by atoms with van der Waals surface area (Å²) in [4.78, 5) is 2.37. The van der Waals surface area contributed by atoms with Crippen molar-refractivity contribution in [3.63, 3.8) is 0 Å². The Hall–Kier alpha value is -0.890. The van der Waals surface area contributed by atoms with Crippen LogP contribution in [0, 0.1) is 0 Å². The fraction of sp³-hybridized carbons (Fsp3) is 0.538. The van der Waals surface area contributed by atoms with Crippen LogP contribution in [0.5, 0.6) is 0 Å². The normalized spacial score (nSPS) is 15.9. The third-order valence-corrected chi connectivity index (χ3v) is 3.27. The van der Waals surface area contributed by atoms with Crippen LogP contribution in [-0.4, -0.2) is 19.1 Å². The number of halogens is 1. The van der Waals surface area contributed by atoms with Gasteiger partial charge in [0.25, 0.3) is 0 Å². The molecular formula is C13H19ClN2. The Balaban J connectivity index is 2.24. The fourth-order valence-electron chi connectivity index (χ4n) is 2.14. The third kappa shape index (κ3) is 2.43. The first-order valence-corrected chi connectivity index (χ1v) is 6.36. The second kappa shape index (κ2) is 4.96. The van der Waals surface area contributed by atoms with Gasteiger partial charge in [-0.1, -0.05) is 17.7 Å². The molecule has 0 aliphatic carbocycles. The van der Waals surface area contributed by atoms with Gasteiger partial charge in [-0.3, -0.25) is 0 Å². The molecule has 1 N–H and O–H groups in total. The van der Waals surface area contributed by atoms with Crippen LogP contribution in [0.25, 0.3) is 0 Å². The van der Waals surface area contributed by atoms with Crippen LogP contribution in [0.1, 0.15) is 26.7 Å². The van der Waals surface area contributed by atoms with Crippen molar-refractivity contribution in [3.05, 3.63) is 23.2 Å².